The van der Waals surface area contributed by atoms with Crippen molar-refractivity contribution in [3.63, 3.8) is 0 Å². The lowest BCUT2D eigenvalue weighted by Crippen LogP contribution is -2.61. The van der Waals surface area contributed by atoms with E-state index in [1.54, 1.807) is 6.08 Å². The normalized spacial score (nSPS) is 51.0. The van der Waals surface area contributed by atoms with Crippen molar-refractivity contribution in [1.82, 2.24) is 0 Å². The van der Waals surface area contributed by atoms with Gasteiger partial charge in [0.15, 0.2) is 5.76 Å². The molecule has 0 bridgehead atoms. The van der Waals surface area contributed by atoms with E-state index in [0.29, 0.717) is 22.8 Å². The molecule has 6 rings (SSSR count). The predicted molar refractivity (Wildman–Crippen MR) is 124 cm³/mol. The summed E-state index contributed by atoms with van der Waals surface area (Å²) in [6.07, 6.45) is 14.1. The van der Waals surface area contributed by atoms with Gasteiger partial charge in [0.25, 0.3) is 0 Å². The van der Waals surface area contributed by atoms with Crippen LogP contribution in [0, 0.1) is 50.2 Å². The van der Waals surface area contributed by atoms with Crippen LogP contribution in [0.4, 0.5) is 0 Å². The third-order valence-electron chi connectivity index (χ3n) is 11.7. The minimum Gasteiger partial charge on any atom is -0.504 e. The number of carbonyl (C=O) groups is 1. The van der Waals surface area contributed by atoms with Gasteiger partial charge in [-0.2, -0.15) is 5.26 Å². The van der Waals surface area contributed by atoms with E-state index in [2.05, 4.69) is 45.9 Å². The second kappa shape index (κ2) is 5.69. The quantitative estimate of drug-likeness (QED) is 0.463. The Morgan fingerprint density at radius 2 is 1.78 bits per heavy atom. The molecule has 0 spiro atoms. The van der Waals surface area contributed by atoms with Crippen LogP contribution >= 0.6 is 0 Å². The van der Waals surface area contributed by atoms with Crippen molar-refractivity contribution in [2.45, 2.75) is 79.6 Å². The highest BCUT2D eigenvalue weighted by molar-refractivity contribution is 6.06. The average molecular weight is 430 g/mol. The third kappa shape index (κ3) is 2.11. The molecule has 3 heteroatoms. The summed E-state index contributed by atoms with van der Waals surface area (Å²) in [6.45, 7) is 11.7. The highest BCUT2D eigenvalue weighted by Gasteiger charge is 2.71. The van der Waals surface area contributed by atoms with Crippen LogP contribution in [0.15, 0.2) is 46.3 Å². The molecule has 0 radical (unpaired) electrons. The van der Waals surface area contributed by atoms with Crippen LogP contribution in [-0.4, -0.2) is 10.9 Å². The van der Waals surface area contributed by atoms with Crippen molar-refractivity contribution >= 4 is 5.78 Å². The molecule has 4 saturated carbocycles. The van der Waals surface area contributed by atoms with Gasteiger partial charge in [-0.3, -0.25) is 4.79 Å². The van der Waals surface area contributed by atoms with Gasteiger partial charge >= 0.3 is 0 Å². The number of aliphatic hydroxyl groups is 1. The zero-order chi connectivity index (χ0) is 22.9. The van der Waals surface area contributed by atoms with Gasteiger partial charge in [0.1, 0.15) is 0 Å². The van der Waals surface area contributed by atoms with Crippen molar-refractivity contribution < 1.29 is 9.90 Å². The SMILES string of the molecule is CC1=C(O)C(=O)C=C2C1=CC=C1[C@@]2(C)CC[C@@]2(C)[C@@H]3C[C@@]4(C#N)CC4C[C@]3(C)CC[C@]12C. The zero-order valence-corrected chi connectivity index (χ0v) is 20.1. The first-order chi connectivity index (χ1) is 14.9. The number of nitrogens with zero attached hydrogens (tertiary/aromatic N) is 1. The fraction of sp³-hybridized carbons (Fsp3) is 0.655. The molecule has 0 amide bonds. The molecular formula is C29H35NO2. The van der Waals surface area contributed by atoms with Gasteiger partial charge in [-0.15, -0.1) is 0 Å². The van der Waals surface area contributed by atoms with Crippen molar-refractivity contribution in [2.24, 2.45) is 38.9 Å². The van der Waals surface area contributed by atoms with Crippen LogP contribution in [0.25, 0.3) is 0 Å². The van der Waals surface area contributed by atoms with E-state index in [9.17, 15) is 15.2 Å². The summed E-state index contributed by atoms with van der Waals surface area (Å²) in [6, 6.07) is 2.75. The molecule has 168 valence electrons. The Bertz CT molecular complexity index is 1150. The van der Waals surface area contributed by atoms with E-state index in [1.165, 1.54) is 24.8 Å². The Labute approximate surface area is 192 Å². The summed E-state index contributed by atoms with van der Waals surface area (Å²) in [5.74, 6) is 0.824. The number of hydrogen-bond donors (Lipinski definition) is 1. The maximum absolute atomic E-state index is 12.6. The number of nitriles is 1. The average Bonchev–Trinajstić information content (AvgIpc) is 3.46. The summed E-state index contributed by atoms with van der Waals surface area (Å²) in [7, 11) is 0. The lowest BCUT2D eigenvalue weighted by Gasteiger charge is -2.69. The number of hydrogen-bond acceptors (Lipinski definition) is 3. The largest absolute Gasteiger partial charge is 0.504 e. The highest BCUT2D eigenvalue weighted by atomic mass is 16.3. The standard InChI is InChI=1S/C29H35NO2/c1-17-19-6-7-22-26(3,20(19)12-21(31)24(17)32)9-11-28(5)23-15-29(16-30)14-18(29)13-25(23,2)8-10-27(22,28)4/h6-7,12,18,23,32H,8-11,13-15H2,1-5H3/t18?,23-,25+,26+,27-,28+,29-/m1/s1. The van der Waals surface area contributed by atoms with E-state index in [0.717, 1.165) is 36.8 Å². The maximum atomic E-state index is 12.6. The number of aliphatic hydroxyl groups excluding tert-OH is 1. The second-order valence-electron chi connectivity index (χ2n) is 12.9. The van der Waals surface area contributed by atoms with Gasteiger partial charge in [0, 0.05) is 11.0 Å². The van der Waals surface area contributed by atoms with Gasteiger partial charge in [-0.25, -0.2) is 0 Å². The monoisotopic (exact) mass is 429 g/mol. The van der Waals surface area contributed by atoms with Crippen molar-refractivity contribution in [3.8, 4) is 6.07 Å². The van der Waals surface area contributed by atoms with Crippen molar-refractivity contribution in [1.29, 1.82) is 5.26 Å². The Morgan fingerprint density at radius 3 is 2.50 bits per heavy atom. The van der Waals surface area contributed by atoms with Crippen molar-refractivity contribution in [2.75, 3.05) is 0 Å². The Balaban J connectivity index is 1.49. The van der Waals surface area contributed by atoms with Crippen LogP contribution in [-0.2, 0) is 4.79 Å². The number of allylic oxidation sites excluding steroid dienone is 7. The number of carbonyl (C=O) groups excluding carboxylic acids is 1. The van der Waals surface area contributed by atoms with Crippen LogP contribution in [0.2, 0.25) is 0 Å². The first kappa shape index (κ1) is 20.5. The number of rotatable bonds is 0. The van der Waals surface area contributed by atoms with E-state index in [4.69, 9.17) is 0 Å². The molecule has 4 fully saturated rings. The molecule has 0 heterocycles. The van der Waals surface area contributed by atoms with Crippen LogP contribution in [0.5, 0.6) is 0 Å². The lowest BCUT2D eigenvalue weighted by atomic mass is 9.35. The van der Waals surface area contributed by atoms with Gasteiger partial charge in [-0.1, -0.05) is 45.4 Å². The summed E-state index contributed by atoms with van der Waals surface area (Å²) in [5.41, 5.74) is 4.63. The minimum absolute atomic E-state index is 0.0472. The molecule has 0 aromatic rings. The fourth-order valence-corrected chi connectivity index (χ4v) is 9.30. The molecule has 0 saturated heterocycles. The first-order valence-electron chi connectivity index (χ1n) is 12.5. The Hall–Kier alpha value is -2.08. The molecule has 3 nitrogen and oxygen atoms in total. The topological polar surface area (TPSA) is 61.1 Å². The second-order valence-corrected chi connectivity index (χ2v) is 12.9. The summed E-state index contributed by atoms with van der Waals surface area (Å²) < 4.78 is 0. The Kier molecular flexibility index (Phi) is 3.65. The molecule has 6 aliphatic carbocycles. The van der Waals surface area contributed by atoms with E-state index < -0.39 is 0 Å². The van der Waals surface area contributed by atoms with E-state index in [1.807, 2.05) is 6.92 Å². The molecule has 32 heavy (non-hydrogen) atoms. The molecule has 0 aliphatic heterocycles. The summed E-state index contributed by atoms with van der Waals surface area (Å²) in [5, 5.41) is 20.3. The van der Waals surface area contributed by atoms with Crippen LogP contribution < -0.4 is 0 Å². The van der Waals surface area contributed by atoms with Crippen LogP contribution in [0.3, 0.4) is 0 Å². The van der Waals surface area contributed by atoms with Crippen LogP contribution in [0.1, 0.15) is 79.6 Å². The predicted octanol–water partition coefficient (Wildman–Crippen LogP) is 6.75. The minimum atomic E-state index is -0.255. The van der Waals surface area contributed by atoms with Gasteiger partial charge < -0.3 is 5.11 Å². The maximum Gasteiger partial charge on any atom is 0.220 e. The first-order valence-corrected chi connectivity index (χ1v) is 12.5. The zero-order valence-electron chi connectivity index (χ0n) is 20.1. The molecular weight excluding hydrogens is 394 g/mol. The molecule has 6 aliphatic rings. The lowest BCUT2D eigenvalue weighted by molar-refractivity contribution is -0.146. The number of ketones is 1. The highest BCUT2D eigenvalue weighted by Crippen LogP contribution is 2.79. The molecule has 1 N–H and O–H groups in total. The van der Waals surface area contributed by atoms with Crippen molar-refractivity contribution in [3.05, 3.63) is 46.3 Å². The van der Waals surface area contributed by atoms with Gasteiger partial charge in [0.05, 0.1) is 11.5 Å². The Morgan fingerprint density at radius 1 is 1.03 bits per heavy atom. The summed E-state index contributed by atoms with van der Waals surface area (Å²) >= 11 is 0. The van der Waals surface area contributed by atoms with Gasteiger partial charge in [0.2, 0.25) is 5.78 Å². The molecule has 1 unspecified atom stereocenters. The fourth-order valence-electron chi connectivity index (χ4n) is 9.30. The molecule has 0 aromatic heterocycles. The summed E-state index contributed by atoms with van der Waals surface area (Å²) in [4.78, 5) is 12.6. The molecule has 0 aromatic carbocycles. The number of fused-ring (bicyclic) bond motifs is 8. The van der Waals surface area contributed by atoms with E-state index >= 15 is 0 Å². The van der Waals surface area contributed by atoms with Gasteiger partial charge in [-0.05, 0) is 97.2 Å². The van der Waals surface area contributed by atoms with E-state index in [-0.39, 0.29) is 33.2 Å². The third-order valence-corrected chi connectivity index (χ3v) is 11.7. The smallest absolute Gasteiger partial charge is 0.220 e. The molecule has 7 atom stereocenters.